The smallest absolute Gasteiger partial charge is 0.338 e. The predicted octanol–water partition coefficient (Wildman–Crippen LogP) is 5.00. The Bertz CT molecular complexity index is 1210. The quantitative estimate of drug-likeness (QED) is 0.561. The van der Waals surface area contributed by atoms with E-state index in [2.05, 4.69) is 10.3 Å². The minimum absolute atomic E-state index is 0.0121. The van der Waals surface area contributed by atoms with Crippen LogP contribution in [0.3, 0.4) is 0 Å². The van der Waals surface area contributed by atoms with Gasteiger partial charge in [-0.05, 0) is 49.6 Å². The van der Waals surface area contributed by atoms with Crippen molar-refractivity contribution in [1.82, 2.24) is 4.90 Å². The van der Waals surface area contributed by atoms with Gasteiger partial charge in [-0.25, -0.2) is 14.2 Å². The zero-order valence-corrected chi connectivity index (χ0v) is 19.8. The van der Waals surface area contributed by atoms with E-state index in [0.29, 0.717) is 33.6 Å². The molecule has 7 nitrogen and oxygen atoms in total. The van der Waals surface area contributed by atoms with Crippen LogP contribution in [-0.4, -0.2) is 35.7 Å². The van der Waals surface area contributed by atoms with Crippen LogP contribution in [0.15, 0.2) is 75.9 Å². The van der Waals surface area contributed by atoms with E-state index in [-0.39, 0.29) is 24.5 Å². The van der Waals surface area contributed by atoms with Crippen LogP contribution in [0.4, 0.5) is 10.1 Å². The van der Waals surface area contributed by atoms with Crippen molar-refractivity contribution in [3.63, 3.8) is 0 Å². The van der Waals surface area contributed by atoms with E-state index in [1.165, 1.54) is 17.8 Å². The number of esters is 1. The van der Waals surface area contributed by atoms with Crippen LogP contribution in [0.2, 0.25) is 0 Å². The van der Waals surface area contributed by atoms with Crippen molar-refractivity contribution < 1.29 is 23.5 Å². The maximum atomic E-state index is 15.0. The third-order valence-electron chi connectivity index (χ3n) is 5.41. The molecule has 0 fully saturated rings. The molecule has 4 rings (SSSR count). The molecular weight excluding hydrogens is 457 g/mol. The van der Waals surface area contributed by atoms with E-state index in [0.717, 1.165) is 0 Å². The second kappa shape index (κ2) is 10.1. The van der Waals surface area contributed by atoms with Gasteiger partial charge in [0, 0.05) is 16.9 Å². The first kappa shape index (κ1) is 23.6. The first-order chi connectivity index (χ1) is 16.4. The lowest BCUT2D eigenvalue weighted by Crippen LogP contribution is -2.38. The molecule has 0 aliphatic carbocycles. The van der Waals surface area contributed by atoms with Gasteiger partial charge < -0.3 is 19.7 Å². The van der Waals surface area contributed by atoms with Crippen LogP contribution in [0.25, 0.3) is 0 Å². The lowest BCUT2D eigenvalue weighted by atomic mass is 9.93. The molecule has 1 atom stereocenters. The van der Waals surface area contributed by atoms with E-state index < -0.39 is 17.8 Å². The Morgan fingerprint density at radius 1 is 1.18 bits per heavy atom. The number of thioether (sulfide) groups is 1. The largest absolute Gasteiger partial charge is 0.497 e. The number of nitrogens with zero attached hydrogens (tertiary/aromatic N) is 2. The maximum absolute atomic E-state index is 15.0. The summed E-state index contributed by atoms with van der Waals surface area (Å²) >= 11 is 1.33. The number of halogens is 1. The Morgan fingerprint density at radius 2 is 1.91 bits per heavy atom. The molecule has 2 aromatic carbocycles. The Kier molecular flexibility index (Phi) is 7.02. The molecule has 2 aliphatic rings. The van der Waals surface area contributed by atoms with E-state index in [4.69, 9.17) is 9.47 Å². The van der Waals surface area contributed by atoms with Gasteiger partial charge >= 0.3 is 5.97 Å². The summed E-state index contributed by atoms with van der Waals surface area (Å²) in [5, 5.41) is 5.24. The summed E-state index contributed by atoms with van der Waals surface area (Å²) in [6, 6.07) is 12.5. The van der Waals surface area contributed by atoms with Crippen LogP contribution in [0.5, 0.6) is 5.75 Å². The highest BCUT2D eigenvalue weighted by Gasteiger charge is 2.42. The fourth-order valence-corrected chi connectivity index (χ4v) is 4.84. The highest BCUT2D eigenvalue weighted by atomic mass is 32.2. The van der Waals surface area contributed by atoms with Crippen molar-refractivity contribution in [2.75, 3.05) is 19.0 Å². The molecule has 0 spiro atoms. The van der Waals surface area contributed by atoms with Crippen molar-refractivity contribution in [3.8, 4) is 5.75 Å². The molecular formula is C25H24FN3O4S. The summed E-state index contributed by atoms with van der Waals surface area (Å²) in [5.74, 6) is -0.588. The molecule has 0 radical (unpaired) electrons. The highest BCUT2D eigenvalue weighted by Crippen LogP contribution is 2.45. The average molecular weight is 482 g/mol. The third kappa shape index (κ3) is 4.70. The van der Waals surface area contributed by atoms with Gasteiger partial charge in [0.15, 0.2) is 5.17 Å². The summed E-state index contributed by atoms with van der Waals surface area (Å²) in [4.78, 5) is 32.1. The van der Waals surface area contributed by atoms with Gasteiger partial charge in [0.25, 0.3) is 0 Å². The number of methoxy groups -OCH3 is 1. The first-order valence-corrected chi connectivity index (χ1v) is 11.6. The highest BCUT2D eigenvalue weighted by molar-refractivity contribution is 8.16. The number of ether oxygens (including phenoxy) is 2. The van der Waals surface area contributed by atoms with Gasteiger partial charge in [0.05, 0.1) is 37.4 Å². The molecule has 1 amide bonds. The number of fused-ring (bicyclic) bond motifs is 1. The summed E-state index contributed by atoms with van der Waals surface area (Å²) in [7, 11) is 1.57. The molecule has 1 N–H and O–H groups in total. The van der Waals surface area contributed by atoms with Gasteiger partial charge in [-0.1, -0.05) is 30.0 Å². The van der Waals surface area contributed by atoms with Gasteiger partial charge in [0.1, 0.15) is 11.6 Å². The van der Waals surface area contributed by atoms with Gasteiger partial charge in [-0.15, -0.1) is 0 Å². The Hall–Kier alpha value is -3.59. The van der Waals surface area contributed by atoms with Gasteiger partial charge in [-0.3, -0.25) is 4.79 Å². The van der Waals surface area contributed by atoms with Crippen LogP contribution in [0, 0.1) is 5.82 Å². The topological polar surface area (TPSA) is 80.2 Å². The number of benzene rings is 2. The van der Waals surface area contributed by atoms with Crippen LogP contribution >= 0.6 is 11.8 Å². The first-order valence-electron chi connectivity index (χ1n) is 10.7. The Labute approximate surface area is 201 Å². The van der Waals surface area contributed by atoms with Crippen molar-refractivity contribution in [1.29, 1.82) is 0 Å². The second-order valence-corrected chi connectivity index (χ2v) is 8.43. The van der Waals surface area contributed by atoms with Gasteiger partial charge in [-0.2, -0.15) is 0 Å². The zero-order valence-electron chi connectivity index (χ0n) is 19.0. The van der Waals surface area contributed by atoms with Crippen LogP contribution in [-0.2, 0) is 14.3 Å². The lowest BCUT2D eigenvalue weighted by molar-refractivity contribution is -0.139. The summed E-state index contributed by atoms with van der Waals surface area (Å²) in [5.41, 5.74) is 2.25. The van der Waals surface area contributed by atoms with Crippen molar-refractivity contribution in [2.45, 2.75) is 26.3 Å². The predicted molar refractivity (Wildman–Crippen MR) is 130 cm³/mol. The SMILES string of the molecule is CCOC(=O)C1=C(C)N=C2SC=C(CC(=O)Nc3ccc(OC)cc3)N2[C@@H]1c1ccccc1F. The number of hydrogen-bond donors (Lipinski definition) is 1. The number of hydrogen-bond acceptors (Lipinski definition) is 7. The summed E-state index contributed by atoms with van der Waals surface area (Å²) < 4.78 is 25.4. The van der Waals surface area contributed by atoms with E-state index in [1.807, 2.05) is 5.41 Å². The molecule has 9 heteroatoms. The molecule has 2 aliphatic heterocycles. The summed E-state index contributed by atoms with van der Waals surface area (Å²) in [6.45, 7) is 3.60. The van der Waals surface area contributed by atoms with Crippen LogP contribution in [0.1, 0.15) is 31.9 Å². The molecule has 176 valence electrons. The fourth-order valence-electron chi connectivity index (χ4n) is 3.87. The van der Waals surface area contributed by atoms with E-state index >= 15 is 0 Å². The minimum Gasteiger partial charge on any atom is -0.497 e. The van der Waals surface area contributed by atoms with E-state index in [1.54, 1.807) is 68.3 Å². The fraction of sp³-hybridized carbons (Fsp3) is 0.240. The molecule has 2 aromatic rings. The number of amides is 1. The van der Waals surface area contributed by atoms with Crippen molar-refractivity contribution in [3.05, 3.63) is 82.3 Å². The number of aliphatic imine (C=N–C) groups is 1. The van der Waals surface area contributed by atoms with Crippen molar-refractivity contribution in [2.24, 2.45) is 4.99 Å². The lowest BCUT2D eigenvalue weighted by Gasteiger charge is -2.36. The number of rotatable bonds is 7. The normalized spacial score (nSPS) is 17.1. The number of amidine groups is 1. The number of carbonyl (C=O) groups is 2. The zero-order chi connectivity index (χ0) is 24.2. The number of allylic oxidation sites excluding steroid dienone is 1. The minimum atomic E-state index is -0.803. The Balaban J connectivity index is 1.64. The number of carbonyl (C=O) groups excluding carboxylic acids is 2. The maximum Gasteiger partial charge on any atom is 0.338 e. The molecule has 34 heavy (non-hydrogen) atoms. The Morgan fingerprint density at radius 3 is 2.59 bits per heavy atom. The third-order valence-corrected chi connectivity index (χ3v) is 6.30. The number of nitrogens with one attached hydrogen (secondary N) is 1. The average Bonchev–Trinajstić information content (AvgIpc) is 3.21. The summed E-state index contributed by atoms with van der Waals surface area (Å²) in [6.07, 6.45) is 0.0121. The monoisotopic (exact) mass is 481 g/mol. The van der Waals surface area contributed by atoms with Crippen LogP contribution < -0.4 is 10.1 Å². The molecule has 0 bridgehead atoms. The van der Waals surface area contributed by atoms with Gasteiger partial charge in [0.2, 0.25) is 5.91 Å². The van der Waals surface area contributed by atoms with E-state index in [9.17, 15) is 14.0 Å². The molecule has 2 heterocycles. The molecule has 0 saturated carbocycles. The number of anilines is 1. The molecule has 0 aromatic heterocycles. The second-order valence-electron chi connectivity index (χ2n) is 7.59. The molecule has 0 saturated heterocycles. The standard InChI is InChI=1S/C25H24FN3O4S/c1-4-33-24(31)22-15(2)27-25-29(23(22)19-7-5-6-8-20(19)26)17(14-34-25)13-21(30)28-16-9-11-18(32-3)12-10-16/h5-12,14,23H,4,13H2,1-3H3,(H,28,30)/t23-/m1/s1. The van der Waals surface area contributed by atoms with Crippen molar-refractivity contribution >= 4 is 34.5 Å². The molecule has 0 unspecified atom stereocenters.